The third-order valence-corrected chi connectivity index (χ3v) is 7.54. The fourth-order valence-corrected chi connectivity index (χ4v) is 5.85. The van der Waals surface area contributed by atoms with Gasteiger partial charge in [0.2, 0.25) is 10.0 Å². The van der Waals surface area contributed by atoms with E-state index in [4.69, 9.17) is 4.74 Å². The summed E-state index contributed by atoms with van der Waals surface area (Å²) in [5, 5.41) is 3.29. The van der Waals surface area contributed by atoms with Crippen molar-refractivity contribution in [3.8, 4) is 0 Å². The number of ether oxygens (including phenoxy) is 1. The fourth-order valence-electron chi connectivity index (χ4n) is 3.28. The summed E-state index contributed by atoms with van der Waals surface area (Å²) in [6.45, 7) is 9.89. The summed E-state index contributed by atoms with van der Waals surface area (Å²) in [5.41, 5.74) is 0. The molecule has 1 aliphatic heterocycles. The van der Waals surface area contributed by atoms with Crippen LogP contribution in [0.4, 0.5) is 0 Å². The lowest BCUT2D eigenvalue weighted by Crippen LogP contribution is -2.40. The van der Waals surface area contributed by atoms with E-state index in [1.165, 1.54) is 11.3 Å². The minimum absolute atomic E-state index is 0.277. The summed E-state index contributed by atoms with van der Waals surface area (Å²) >= 11 is 1.50. The topological polar surface area (TPSA) is 83.0 Å². The zero-order valence-electron chi connectivity index (χ0n) is 17.5. The summed E-state index contributed by atoms with van der Waals surface area (Å²) < 4.78 is 33.0. The number of hydrogen-bond donors (Lipinski definition) is 2. The molecule has 28 heavy (non-hydrogen) atoms. The Morgan fingerprint density at radius 2 is 2.07 bits per heavy atom. The molecule has 1 aromatic rings. The van der Waals surface area contributed by atoms with Gasteiger partial charge in [-0.25, -0.2) is 13.1 Å². The standard InChI is InChI=1S/C19H34N4O3S2/c1-5-20-19(23(4)11-6-17-7-12-26-13-8-17)21-9-10-22-28(24,25)18-14-15(2)27-16(18)3/h14,17,22H,5-13H2,1-4H3,(H,20,21). The second-order valence-electron chi connectivity index (χ2n) is 7.18. The highest BCUT2D eigenvalue weighted by molar-refractivity contribution is 7.89. The van der Waals surface area contributed by atoms with Crippen LogP contribution >= 0.6 is 11.3 Å². The molecular weight excluding hydrogens is 396 g/mol. The van der Waals surface area contributed by atoms with Crippen molar-refractivity contribution in [2.24, 2.45) is 10.9 Å². The molecule has 0 aliphatic carbocycles. The molecule has 0 unspecified atom stereocenters. The van der Waals surface area contributed by atoms with Crippen LogP contribution in [0.15, 0.2) is 16.0 Å². The van der Waals surface area contributed by atoms with Crippen LogP contribution in [-0.4, -0.2) is 65.7 Å². The Kier molecular flexibility index (Phi) is 9.20. The Morgan fingerprint density at radius 3 is 2.68 bits per heavy atom. The number of rotatable bonds is 9. The van der Waals surface area contributed by atoms with Gasteiger partial charge in [-0.05, 0) is 52.0 Å². The molecule has 1 saturated heterocycles. The van der Waals surface area contributed by atoms with Gasteiger partial charge in [0.15, 0.2) is 5.96 Å². The normalized spacial score (nSPS) is 16.4. The van der Waals surface area contributed by atoms with E-state index in [0.29, 0.717) is 17.4 Å². The van der Waals surface area contributed by atoms with Crippen LogP contribution in [0.2, 0.25) is 0 Å². The van der Waals surface area contributed by atoms with E-state index in [-0.39, 0.29) is 6.54 Å². The molecule has 0 bridgehead atoms. The molecule has 0 radical (unpaired) electrons. The largest absolute Gasteiger partial charge is 0.381 e. The van der Waals surface area contributed by atoms with Gasteiger partial charge in [-0.15, -0.1) is 11.3 Å². The highest BCUT2D eigenvalue weighted by Crippen LogP contribution is 2.24. The molecule has 7 nitrogen and oxygen atoms in total. The Balaban J connectivity index is 1.84. The van der Waals surface area contributed by atoms with Crippen molar-refractivity contribution in [3.05, 3.63) is 15.8 Å². The van der Waals surface area contributed by atoms with Crippen LogP contribution in [0.5, 0.6) is 0 Å². The number of nitrogens with zero attached hydrogens (tertiary/aromatic N) is 2. The molecule has 0 atom stereocenters. The summed E-state index contributed by atoms with van der Waals surface area (Å²) in [5.74, 6) is 1.53. The van der Waals surface area contributed by atoms with Gasteiger partial charge in [0, 0.05) is 49.6 Å². The first-order valence-electron chi connectivity index (χ1n) is 9.97. The average Bonchev–Trinajstić information content (AvgIpc) is 3.02. The van der Waals surface area contributed by atoms with Crippen molar-refractivity contribution in [2.75, 3.05) is 46.4 Å². The second kappa shape index (κ2) is 11.1. The molecule has 2 N–H and O–H groups in total. The van der Waals surface area contributed by atoms with Crippen molar-refractivity contribution in [1.29, 1.82) is 0 Å². The lowest BCUT2D eigenvalue weighted by atomic mass is 9.96. The predicted octanol–water partition coefficient (Wildman–Crippen LogP) is 2.36. The maximum Gasteiger partial charge on any atom is 0.241 e. The second-order valence-corrected chi connectivity index (χ2v) is 10.4. The maximum absolute atomic E-state index is 12.5. The van der Waals surface area contributed by atoms with E-state index in [1.807, 2.05) is 27.8 Å². The lowest BCUT2D eigenvalue weighted by Gasteiger charge is -2.26. The first-order chi connectivity index (χ1) is 13.3. The van der Waals surface area contributed by atoms with E-state index in [2.05, 4.69) is 19.9 Å². The molecule has 2 rings (SSSR count). The first-order valence-corrected chi connectivity index (χ1v) is 12.3. The van der Waals surface area contributed by atoms with Gasteiger partial charge in [0.25, 0.3) is 0 Å². The van der Waals surface area contributed by atoms with E-state index in [9.17, 15) is 8.42 Å². The fraction of sp³-hybridized carbons (Fsp3) is 0.737. The number of aliphatic imine (C=N–C) groups is 1. The van der Waals surface area contributed by atoms with Crippen LogP contribution in [-0.2, 0) is 14.8 Å². The van der Waals surface area contributed by atoms with E-state index < -0.39 is 10.0 Å². The Labute approximate surface area is 173 Å². The number of sulfonamides is 1. The molecule has 0 amide bonds. The highest BCUT2D eigenvalue weighted by Gasteiger charge is 2.19. The van der Waals surface area contributed by atoms with Crippen LogP contribution in [0.3, 0.4) is 0 Å². The van der Waals surface area contributed by atoms with Gasteiger partial charge in [-0.3, -0.25) is 4.99 Å². The highest BCUT2D eigenvalue weighted by atomic mass is 32.2. The Bertz CT molecular complexity index is 740. The molecule has 9 heteroatoms. The molecule has 1 fully saturated rings. The minimum atomic E-state index is -3.48. The molecule has 0 spiro atoms. The molecule has 1 aliphatic rings. The zero-order valence-corrected chi connectivity index (χ0v) is 19.1. The number of nitrogens with one attached hydrogen (secondary N) is 2. The summed E-state index contributed by atoms with van der Waals surface area (Å²) in [4.78, 5) is 8.89. The van der Waals surface area contributed by atoms with Crippen LogP contribution < -0.4 is 10.0 Å². The number of thiophene rings is 1. The summed E-state index contributed by atoms with van der Waals surface area (Å²) in [6, 6.07) is 1.72. The SMILES string of the molecule is CCNC(=NCCNS(=O)(=O)c1cc(C)sc1C)N(C)CCC1CCOCC1. The van der Waals surface area contributed by atoms with Crippen LogP contribution in [0.1, 0.15) is 35.9 Å². The number of guanidine groups is 1. The minimum Gasteiger partial charge on any atom is -0.381 e. The van der Waals surface area contributed by atoms with Gasteiger partial charge in [0.05, 0.1) is 11.4 Å². The van der Waals surface area contributed by atoms with Crippen LogP contribution in [0.25, 0.3) is 0 Å². The van der Waals surface area contributed by atoms with E-state index in [0.717, 1.165) is 61.3 Å². The Hall–Kier alpha value is -1.16. The zero-order chi connectivity index (χ0) is 20.6. The molecule has 160 valence electrons. The van der Waals surface area contributed by atoms with Crippen molar-refractivity contribution < 1.29 is 13.2 Å². The van der Waals surface area contributed by atoms with Gasteiger partial charge in [-0.1, -0.05) is 0 Å². The van der Waals surface area contributed by atoms with Gasteiger partial charge in [-0.2, -0.15) is 0 Å². The quantitative estimate of drug-likeness (QED) is 0.357. The predicted molar refractivity (Wildman–Crippen MR) is 116 cm³/mol. The summed E-state index contributed by atoms with van der Waals surface area (Å²) in [6.07, 6.45) is 3.38. The Morgan fingerprint density at radius 1 is 1.36 bits per heavy atom. The van der Waals surface area contributed by atoms with E-state index >= 15 is 0 Å². The summed E-state index contributed by atoms with van der Waals surface area (Å²) in [7, 11) is -1.45. The first kappa shape index (κ1) is 23.1. The van der Waals surface area contributed by atoms with Gasteiger partial charge >= 0.3 is 0 Å². The lowest BCUT2D eigenvalue weighted by molar-refractivity contribution is 0.0625. The maximum atomic E-state index is 12.5. The van der Waals surface area contributed by atoms with Crippen molar-refractivity contribution in [3.63, 3.8) is 0 Å². The van der Waals surface area contributed by atoms with Gasteiger partial charge in [0.1, 0.15) is 0 Å². The van der Waals surface area contributed by atoms with Crippen molar-refractivity contribution in [2.45, 2.75) is 44.9 Å². The van der Waals surface area contributed by atoms with Gasteiger partial charge < -0.3 is 15.0 Å². The smallest absolute Gasteiger partial charge is 0.241 e. The third kappa shape index (κ3) is 7.02. The number of hydrogen-bond acceptors (Lipinski definition) is 5. The molecular formula is C19H34N4O3S2. The monoisotopic (exact) mass is 430 g/mol. The van der Waals surface area contributed by atoms with Crippen LogP contribution in [0, 0.1) is 19.8 Å². The molecule has 1 aromatic heterocycles. The average molecular weight is 431 g/mol. The van der Waals surface area contributed by atoms with Crippen molar-refractivity contribution in [1.82, 2.24) is 14.9 Å². The van der Waals surface area contributed by atoms with Crippen molar-refractivity contribution >= 4 is 27.3 Å². The van der Waals surface area contributed by atoms with E-state index in [1.54, 1.807) is 6.07 Å². The molecule has 0 aromatic carbocycles. The molecule has 2 heterocycles. The third-order valence-electron chi connectivity index (χ3n) is 4.86. The molecule has 0 saturated carbocycles. The number of aryl methyl sites for hydroxylation is 2.